The number of fused-ring (bicyclic) bond motifs is 1. The molecule has 0 fully saturated rings. The van der Waals surface area contributed by atoms with Crippen LogP contribution >= 0.6 is 0 Å². The fraction of sp³-hybridized carbons (Fsp3) is 0.125. The van der Waals surface area contributed by atoms with Gasteiger partial charge >= 0.3 is 0 Å². The number of rotatable bonds is 5. The fourth-order valence-corrected chi connectivity index (χ4v) is 2.63. The zero-order valence-corrected chi connectivity index (χ0v) is 12.8. The summed E-state index contributed by atoms with van der Waals surface area (Å²) in [5.41, 5.74) is 3.67. The Balaban J connectivity index is 1.90. The predicted octanol–water partition coefficient (Wildman–Crippen LogP) is 2.72. The lowest BCUT2D eigenvalue weighted by Gasteiger charge is -2.03. The molecule has 1 aromatic heterocycles. The summed E-state index contributed by atoms with van der Waals surface area (Å²) >= 11 is 0. The van der Waals surface area contributed by atoms with Crippen LogP contribution in [0, 0.1) is 0 Å². The maximum atomic E-state index is 10.5. The Morgan fingerprint density at radius 1 is 1.14 bits per heavy atom. The van der Waals surface area contributed by atoms with Gasteiger partial charge in [-0.25, -0.2) is 13.1 Å². The Hall–Kier alpha value is -2.31. The second-order valence-corrected chi connectivity index (χ2v) is 5.63. The number of hydrogen-bond donors (Lipinski definition) is 2. The van der Waals surface area contributed by atoms with Crippen LogP contribution in [0.4, 0.5) is 0 Å². The Kier molecular flexibility index (Phi) is 4.13. The van der Waals surface area contributed by atoms with E-state index < -0.39 is 10.9 Å². The third kappa shape index (κ3) is 2.98. The minimum Gasteiger partial charge on any atom is -0.497 e. The first kappa shape index (κ1) is 14.6. The minimum atomic E-state index is -2.57. The number of hydrogen-bond acceptors (Lipinski definition) is 4. The summed E-state index contributed by atoms with van der Waals surface area (Å²) in [6, 6.07) is 13.4. The van der Waals surface area contributed by atoms with Gasteiger partial charge in [0.05, 0.1) is 13.4 Å². The van der Waals surface area contributed by atoms with Gasteiger partial charge in [0.15, 0.2) is 0 Å². The van der Waals surface area contributed by atoms with Gasteiger partial charge in [-0.2, -0.15) is 0 Å². The number of benzene rings is 2. The summed E-state index contributed by atoms with van der Waals surface area (Å²) in [5.74, 6) is 0.751. The highest BCUT2D eigenvalue weighted by atomic mass is 32.2. The largest absolute Gasteiger partial charge is 0.497 e. The van der Waals surface area contributed by atoms with Crippen LogP contribution in [-0.4, -0.2) is 15.5 Å². The molecule has 0 spiro atoms. The Morgan fingerprint density at radius 2 is 1.91 bits per heavy atom. The van der Waals surface area contributed by atoms with E-state index in [1.165, 1.54) is 0 Å². The highest BCUT2D eigenvalue weighted by molar-refractivity contribution is 7.70. The number of furan rings is 1. The van der Waals surface area contributed by atoms with E-state index >= 15 is 0 Å². The molecule has 1 N–H and O–H groups in total. The smallest absolute Gasteiger partial charge is 0.201 e. The van der Waals surface area contributed by atoms with Crippen LogP contribution in [0.3, 0.4) is 0 Å². The van der Waals surface area contributed by atoms with Gasteiger partial charge in [0.2, 0.25) is 10.9 Å². The molecule has 0 radical (unpaired) electrons. The Bertz CT molecular complexity index is 857. The summed E-state index contributed by atoms with van der Waals surface area (Å²) in [6.45, 7) is 0.294. The SMILES string of the molecule is COc1ccc2c(-c3ccc(CN[SH](=O)=O)cc3)coc2c1. The van der Waals surface area contributed by atoms with Crippen molar-refractivity contribution in [3.05, 3.63) is 54.3 Å². The second-order valence-electron chi connectivity index (χ2n) is 4.80. The van der Waals surface area contributed by atoms with E-state index in [9.17, 15) is 8.42 Å². The molecule has 0 bridgehead atoms. The minimum absolute atomic E-state index is 0.294. The topological polar surface area (TPSA) is 68.5 Å². The molecular weight excluding hydrogens is 302 g/mol. The van der Waals surface area contributed by atoms with Gasteiger partial charge < -0.3 is 9.15 Å². The molecule has 0 aliphatic rings. The summed E-state index contributed by atoms with van der Waals surface area (Å²) in [6.07, 6.45) is 1.71. The van der Waals surface area contributed by atoms with Gasteiger partial charge in [0.1, 0.15) is 11.3 Å². The molecule has 3 aromatic rings. The third-order valence-electron chi connectivity index (χ3n) is 3.46. The molecule has 2 aromatic carbocycles. The van der Waals surface area contributed by atoms with E-state index in [1.807, 2.05) is 42.5 Å². The zero-order chi connectivity index (χ0) is 15.5. The number of thiol groups is 1. The zero-order valence-electron chi connectivity index (χ0n) is 11.9. The Labute approximate surface area is 129 Å². The van der Waals surface area contributed by atoms with E-state index in [0.29, 0.717) is 6.54 Å². The van der Waals surface area contributed by atoms with Crippen molar-refractivity contribution in [2.45, 2.75) is 6.54 Å². The van der Waals surface area contributed by atoms with Crippen LogP contribution in [0.25, 0.3) is 22.1 Å². The third-order valence-corrected chi connectivity index (χ3v) is 3.88. The summed E-state index contributed by atoms with van der Waals surface area (Å²) < 4.78 is 34.2. The van der Waals surface area contributed by atoms with E-state index in [1.54, 1.807) is 13.4 Å². The van der Waals surface area contributed by atoms with Gasteiger partial charge in [-0.3, -0.25) is 0 Å². The van der Waals surface area contributed by atoms with Crippen molar-refractivity contribution in [2.24, 2.45) is 0 Å². The maximum absolute atomic E-state index is 10.5. The van der Waals surface area contributed by atoms with Crippen molar-refractivity contribution in [1.29, 1.82) is 0 Å². The van der Waals surface area contributed by atoms with Gasteiger partial charge in [0.25, 0.3) is 0 Å². The number of methoxy groups -OCH3 is 1. The molecule has 0 unspecified atom stereocenters. The van der Waals surface area contributed by atoms with Crippen LogP contribution in [0.15, 0.2) is 53.1 Å². The molecule has 5 nitrogen and oxygen atoms in total. The molecule has 6 heteroatoms. The van der Waals surface area contributed by atoms with Crippen molar-refractivity contribution in [1.82, 2.24) is 4.72 Å². The maximum Gasteiger partial charge on any atom is 0.201 e. The van der Waals surface area contributed by atoms with E-state index in [2.05, 4.69) is 4.72 Å². The first-order valence-corrected chi connectivity index (χ1v) is 7.87. The van der Waals surface area contributed by atoms with Crippen LogP contribution in [0.1, 0.15) is 5.56 Å². The van der Waals surface area contributed by atoms with Crippen LogP contribution in [0.2, 0.25) is 0 Å². The highest BCUT2D eigenvalue weighted by Gasteiger charge is 2.09. The molecule has 22 heavy (non-hydrogen) atoms. The highest BCUT2D eigenvalue weighted by Crippen LogP contribution is 2.32. The predicted molar refractivity (Wildman–Crippen MR) is 85.4 cm³/mol. The van der Waals surface area contributed by atoms with Crippen molar-refractivity contribution in [3.63, 3.8) is 0 Å². The van der Waals surface area contributed by atoms with Crippen molar-refractivity contribution >= 4 is 21.9 Å². The lowest BCUT2D eigenvalue weighted by molar-refractivity contribution is 0.414. The van der Waals surface area contributed by atoms with Crippen LogP contribution < -0.4 is 9.46 Å². The molecular formula is C16H15NO4S. The van der Waals surface area contributed by atoms with Crippen molar-refractivity contribution < 1.29 is 17.6 Å². The van der Waals surface area contributed by atoms with Gasteiger partial charge in [-0.05, 0) is 23.3 Å². The van der Waals surface area contributed by atoms with E-state index in [-0.39, 0.29) is 0 Å². The molecule has 0 saturated heterocycles. The first-order valence-electron chi connectivity index (χ1n) is 6.70. The lowest BCUT2D eigenvalue weighted by atomic mass is 10.0. The first-order chi connectivity index (χ1) is 10.7. The standard InChI is InChI=1S/C16H15NO4S/c1-20-13-6-7-14-15(10-21-16(14)8-13)12-4-2-11(3-5-12)9-17-22(18)19/h2-8,10,22H,9H2,1H3,(H,17,18,19). The quantitative estimate of drug-likeness (QED) is 0.710. The van der Waals surface area contributed by atoms with Gasteiger partial charge in [-0.1, -0.05) is 24.3 Å². The molecule has 0 amide bonds. The molecule has 0 atom stereocenters. The fourth-order valence-electron chi connectivity index (χ4n) is 2.32. The van der Waals surface area contributed by atoms with Crippen molar-refractivity contribution in [3.8, 4) is 16.9 Å². The lowest BCUT2D eigenvalue weighted by Crippen LogP contribution is -2.09. The van der Waals surface area contributed by atoms with Gasteiger partial charge in [-0.15, -0.1) is 0 Å². The summed E-state index contributed by atoms with van der Waals surface area (Å²) in [5, 5.41) is 1.01. The molecule has 0 aliphatic carbocycles. The van der Waals surface area contributed by atoms with E-state index in [4.69, 9.17) is 9.15 Å². The second kappa shape index (κ2) is 6.21. The molecule has 114 valence electrons. The number of nitrogens with one attached hydrogen (secondary N) is 1. The molecule has 3 rings (SSSR count). The molecule has 0 aliphatic heterocycles. The van der Waals surface area contributed by atoms with Crippen LogP contribution in [-0.2, 0) is 17.4 Å². The summed E-state index contributed by atoms with van der Waals surface area (Å²) in [4.78, 5) is 0. The average molecular weight is 317 g/mol. The average Bonchev–Trinajstić information content (AvgIpc) is 2.96. The van der Waals surface area contributed by atoms with E-state index in [0.717, 1.165) is 33.4 Å². The summed E-state index contributed by atoms with van der Waals surface area (Å²) in [7, 11) is -0.955. The Morgan fingerprint density at radius 3 is 2.59 bits per heavy atom. The van der Waals surface area contributed by atoms with Gasteiger partial charge in [0, 0.05) is 23.6 Å². The normalized spacial score (nSPS) is 11.2. The van der Waals surface area contributed by atoms with Crippen molar-refractivity contribution in [2.75, 3.05) is 7.11 Å². The molecule has 0 saturated carbocycles. The van der Waals surface area contributed by atoms with Crippen LogP contribution in [0.5, 0.6) is 5.75 Å². The molecule has 1 heterocycles. The monoisotopic (exact) mass is 317 g/mol. The number of ether oxygens (including phenoxy) is 1.